The summed E-state index contributed by atoms with van der Waals surface area (Å²) in [7, 11) is 0. The van der Waals surface area contributed by atoms with Gasteiger partial charge in [-0.25, -0.2) is 15.0 Å². The summed E-state index contributed by atoms with van der Waals surface area (Å²) in [6.07, 6.45) is 3.75. The van der Waals surface area contributed by atoms with Gasteiger partial charge in [0.15, 0.2) is 5.65 Å². The molecule has 0 unspecified atom stereocenters. The predicted octanol–water partition coefficient (Wildman–Crippen LogP) is 3.05. The van der Waals surface area contributed by atoms with Gasteiger partial charge < -0.3 is 9.64 Å². The molecule has 4 rings (SSSR count). The third-order valence-corrected chi connectivity index (χ3v) is 5.34. The molecular formula is C20H26N6O. The maximum atomic E-state index is 5.99. The van der Waals surface area contributed by atoms with Crippen LogP contribution in [-0.4, -0.2) is 44.3 Å². The van der Waals surface area contributed by atoms with Crippen molar-refractivity contribution in [1.82, 2.24) is 24.6 Å². The highest BCUT2D eigenvalue weighted by Gasteiger charge is 2.23. The van der Waals surface area contributed by atoms with E-state index in [1.165, 1.54) is 0 Å². The van der Waals surface area contributed by atoms with E-state index < -0.39 is 0 Å². The molecular weight excluding hydrogens is 340 g/mol. The van der Waals surface area contributed by atoms with Crippen LogP contribution in [0.25, 0.3) is 5.65 Å². The van der Waals surface area contributed by atoms with E-state index in [2.05, 4.69) is 31.0 Å². The van der Waals surface area contributed by atoms with E-state index in [1.54, 1.807) is 6.33 Å². The number of ether oxygens (including phenoxy) is 1. The molecule has 0 aromatic carbocycles. The first kappa shape index (κ1) is 17.7. The number of hydrogen-bond acceptors (Lipinski definition) is 6. The number of rotatable bonds is 4. The molecule has 7 nitrogen and oxygen atoms in total. The quantitative estimate of drug-likeness (QED) is 0.707. The van der Waals surface area contributed by atoms with Crippen molar-refractivity contribution < 1.29 is 4.74 Å². The fraction of sp³-hybridized carbons (Fsp3) is 0.500. The average molecular weight is 366 g/mol. The SMILES string of the molecule is Cc1cc(N2CCC(COc3ncnc(C)c3C)CC2)n2nc(C)cc2n1. The summed E-state index contributed by atoms with van der Waals surface area (Å²) in [4.78, 5) is 15.5. The second-order valence-corrected chi connectivity index (χ2v) is 7.44. The van der Waals surface area contributed by atoms with Crippen LogP contribution in [0.2, 0.25) is 0 Å². The normalized spacial score (nSPS) is 15.5. The summed E-state index contributed by atoms with van der Waals surface area (Å²) in [6, 6.07) is 4.16. The minimum absolute atomic E-state index is 0.536. The summed E-state index contributed by atoms with van der Waals surface area (Å²) in [5.74, 6) is 2.38. The van der Waals surface area contributed by atoms with Crippen molar-refractivity contribution in [3.05, 3.63) is 41.1 Å². The summed E-state index contributed by atoms with van der Waals surface area (Å²) in [5.41, 5.74) is 4.94. The maximum Gasteiger partial charge on any atom is 0.219 e. The molecule has 0 spiro atoms. The second kappa shape index (κ2) is 7.13. The third-order valence-electron chi connectivity index (χ3n) is 5.34. The van der Waals surface area contributed by atoms with Gasteiger partial charge in [-0.05, 0) is 46.5 Å². The number of anilines is 1. The van der Waals surface area contributed by atoms with Crippen LogP contribution in [0, 0.1) is 33.6 Å². The summed E-state index contributed by atoms with van der Waals surface area (Å²) >= 11 is 0. The monoisotopic (exact) mass is 366 g/mol. The maximum absolute atomic E-state index is 5.99. The zero-order valence-electron chi connectivity index (χ0n) is 16.4. The minimum Gasteiger partial charge on any atom is -0.477 e. The fourth-order valence-electron chi connectivity index (χ4n) is 3.61. The zero-order valence-corrected chi connectivity index (χ0v) is 16.4. The molecule has 0 bridgehead atoms. The van der Waals surface area contributed by atoms with Crippen LogP contribution in [0.4, 0.5) is 5.82 Å². The third kappa shape index (κ3) is 3.59. The Bertz CT molecular complexity index is 959. The van der Waals surface area contributed by atoms with Gasteiger partial charge in [0.1, 0.15) is 12.1 Å². The van der Waals surface area contributed by atoms with Gasteiger partial charge in [0, 0.05) is 42.2 Å². The first-order chi connectivity index (χ1) is 13.0. The molecule has 0 saturated carbocycles. The van der Waals surface area contributed by atoms with E-state index in [1.807, 2.05) is 38.3 Å². The van der Waals surface area contributed by atoms with E-state index in [4.69, 9.17) is 4.74 Å². The molecule has 142 valence electrons. The van der Waals surface area contributed by atoms with Gasteiger partial charge in [-0.2, -0.15) is 9.61 Å². The first-order valence-corrected chi connectivity index (χ1v) is 9.51. The smallest absolute Gasteiger partial charge is 0.219 e. The fourth-order valence-corrected chi connectivity index (χ4v) is 3.61. The van der Waals surface area contributed by atoms with Crippen molar-refractivity contribution >= 4 is 11.5 Å². The molecule has 1 saturated heterocycles. The van der Waals surface area contributed by atoms with Crippen molar-refractivity contribution in [3.8, 4) is 5.88 Å². The van der Waals surface area contributed by atoms with Crippen molar-refractivity contribution in [3.63, 3.8) is 0 Å². The number of aromatic nitrogens is 5. The average Bonchev–Trinajstić information content (AvgIpc) is 3.02. The van der Waals surface area contributed by atoms with E-state index in [0.717, 1.165) is 60.0 Å². The molecule has 0 N–H and O–H groups in total. The molecule has 0 amide bonds. The number of fused-ring (bicyclic) bond motifs is 1. The van der Waals surface area contributed by atoms with Gasteiger partial charge in [0.05, 0.1) is 12.3 Å². The molecule has 3 aromatic heterocycles. The molecule has 4 heterocycles. The van der Waals surface area contributed by atoms with Crippen molar-refractivity contribution in [2.24, 2.45) is 5.92 Å². The van der Waals surface area contributed by atoms with Gasteiger partial charge in [-0.3, -0.25) is 0 Å². The van der Waals surface area contributed by atoms with Crippen LogP contribution in [0.1, 0.15) is 35.5 Å². The molecule has 0 radical (unpaired) electrons. The first-order valence-electron chi connectivity index (χ1n) is 9.51. The lowest BCUT2D eigenvalue weighted by molar-refractivity contribution is 0.214. The highest BCUT2D eigenvalue weighted by molar-refractivity contribution is 5.52. The second-order valence-electron chi connectivity index (χ2n) is 7.44. The van der Waals surface area contributed by atoms with Crippen LogP contribution < -0.4 is 9.64 Å². The van der Waals surface area contributed by atoms with Crippen LogP contribution in [0.5, 0.6) is 5.88 Å². The van der Waals surface area contributed by atoms with E-state index in [9.17, 15) is 0 Å². The lowest BCUT2D eigenvalue weighted by Gasteiger charge is -2.33. The Balaban J connectivity index is 1.41. The van der Waals surface area contributed by atoms with Gasteiger partial charge in [-0.1, -0.05) is 0 Å². The standard InChI is InChI=1S/C20H26N6O/c1-13-10-19(26-18(23-13)9-14(2)24-26)25-7-5-17(6-8-25)11-27-20-15(3)16(4)21-12-22-20/h9-10,12,17H,5-8,11H2,1-4H3. The molecule has 1 aliphatic rings. The molecule has 1 fully saturated rings. The Morgan fingerprint density at radius 1 is 1.04 bits per heavy atom. The highest BCUT2D eigenvalue weighted by atomic mass is 16.5. The molecule has 0 atom stereocenters. The van der Waals surface area contributed by atoms with Gasteiger partial charge >= 0.3 is 0 Å². The molecule has 27 heavy (non-hydrogen) atoms. The van der Waals surface area contributed by atoms with Crippen LogP contribution >= 0.6 is 0 Å². The number of hydrogen-bond donors (Lipinski definition) is 0. The number of piperidine rings is 1. The van der Waals surface area contributed by atoms with Crippen LogP contribution in [-0.2, 0) is 0 Å². The highest BCUT2D eigenvalue weighted by Crippen LogP contribution is 2.26. The summed E-state index contributed by atoms with van der Waals surface area (Å²) < 4.78 is 7.96. The molecule has 1 aliphatic heterocycles. The summed E-state index contributed by atoms with van der Waals surface area (Å²) in [5, 5.41) is 4.62. The van der Waals surface area contributed by atoms with E-state index in [0.29, 0.717) is 18.4 Å². The molecule has 3 aromatic rings. The molecule has 7 heteroatoms. The lowest BCUT2D eigenvalue weighted by Crippen LogP contribution is -2.36. The topological polar surface area (TPSA) is 68.4 Å². The minimum atomic E-state index is 0.536. The molecule has 0 aliphatic carbocycles. The largest absolute Gasteiger partial charge is 0.477 e. The van der Waals surface area contributed by atoms with Gasteiger partial charge in [0.25, 0.3) is 0 Å². The summed E-state index contributed by atoms with van der Waals surface area (Å²) in [6.45, 7) is 10.7. The Kier molecular flexibility index (Phi) is 4.68. The van der Waals surface area contributed by atoms with Gasteiger partial charge in [0.2, 0.25) is 5.88 Å². The Morgan fingerprint density at radius 2 is 1.81 bits per heavy atom. The van der Waals surface area contributed by atoms with E-state index >= 15 is 0 Å². The predicted molar refractivity (Wildman–Crippen MR) is 104 cm³/mol. The van der Waals surface area contributed by atoms with Crippen molar-refractivity contribution in [2.45, 2.75) is 40.5 Å². The van der Waals surface area contributed by atoms with Crippen LogP contribution in [0.15, 0.2) is 18.5 Å². The lowest BCUT2D eigenvalue weighted by atomic mass is 9.98. The Labute approximate surface area is 159 Å². The van der Waals surface area contributed by atoms with Crippen LogP contribution in [0.3, 0.4) is 0 Å². The Morgan fingerprint density at radius 3 is 2.59 bits per heavy atom. The van der Waals surface area contributed by atoms with Crippen molar-refractivity contribution in [1.29, 1.82) is 0 Å². The van der Waals surface area contributed by atoms with Gasteiger partial charge in [-0.15, -0.1) is 0 Å². The van der Waals surface area contributed by atoms with E-state index in [-0.39, 0.29) is 0 Å². The Hall–Kier alpha value is -2.70. The zero-order chi connectivity index (χ0) is 19.0. The number of nitrogens with zero attached hydrogens (tertiary/aromatic N) is 6. The van der Waals surface area contributed by atoms with Crippen molar-refractivity contribution in [2.75, 3.05) is 24.6 Å². The number of aryl methyl sites for hydroxylation is 3.